The van der Waals surface area contributed by atoms with Gasteiger partial charge in [0.25, 0.3) is 5.91 Å². The Morgan fingerprint density at radius 3 is 2.68 bits per heavy atom. The predicted molar refractivity (Wildman–Crippen MR) is 106 cm³/mol. The molecule has 170 valence electrons. The van der Waals surface area contributed by atoms with Crippen LogP contribution in [-0.2, 0) is 19.1 Å². The van der Waals surface area contributed by atoms with Gasteiger partial charge in [0.15, 0.2) is 11.6 Å². The number of anilines is 1. The van der Waals surface area contributed by atoms with Gasteiger partial charge in [0.2, 0.25) is 17.4 Å². The van der Waals surface area contributed by atoms with Gasteiger partial charge >= 0.3 is 0 Å². The molecule has 11 heteroatoms. The summed E-state index contributed by atoms with van der Waals surface area (Å²) in [4.78, 5) is 39.2. The zero-order valence-corrected chi connectivity index (χ0v) is 17.8. The molecule has 2 aliphatic rings. The van der Waals surface area contributed by atoms with Gasteiger partial charge in [-0.1, -0.05) is 0 Å². The third-order valence-electron chi connectivity index (χ3n) is 5.24. The molecule has 1 saturated heterocycles. The molecule has 31 heavy (non-hydrogen) atoms. The van der Waals surface area contributed by atoms with E-state index in [2.05, 4.69) is 10.6 Å². The first kappa shape index (κ1) is 22.9. The maximum atomic E-state index is 14.0. The van der Waals surface area contributed by atoms with Crippen molar-refractivity contribution in [3.05, 3.63) is 23.8 Å². The molecule has 9 nitrogen and oxygen atoms in total. The number of halogens is 2. The van der Waals surface area contributed by atoms with Crippen molar-refractivity contribution in [1.29, 1.82) is 0 Å². The van der Waals surface area contributed by atoms with Crippen LogP contribution in [0.4, 0.5) is 14.5 Å². The Labute approximate surface area is 178 Å². The molecular formula is C20H26F2N4O5. The fraction of sp³-hybridized carbons (Fsp3) is 0.550. The molecule has 3 amide bonds. The van der Waals surface area contributed by atoms with E-state index in [9.17, 15) is 23.2 Å². The van der Waals surface area contributed by atoms with Crippen LogP contribution in [0.25, 0.3) is 0 Å². The van der Waals surface area contributed by atoms with Crippen molar-refractivity contribution in [1.82, 2.24) is 10.2 Å². The summed E-state index contributed by atoms with van der Waals surface area (Å²) in [6.45, 7) is 5.18. The number of hydrogen-bond donors (Lipinski definition) is 3. The molecular weight excluding hydrogens is 414 g/mol. The summed E-state index contributed by atoms with van der Waals surface area (Å²) in [5.41, 5.74) is 2.97. The fourth-order valence-electron chi connectivity index (χ4n) is 3.64. The van der Waals surface area contributed by atoms with Crippen LogP contribution in [0, 0.1) is 11.6 Å². The van der Waals surface area contributed by atoms with Crippen molar-refractivity contribution in [2.45, 2.75) is 50.5 Å². The molecule has 0 saturated carbocycles. The molecule has 2 heterocycles. The lowest BCUT2D eigenvalue weighted by molar-refractivity contribution is -0.142. The summed E-state index contributed by atoms with van der Waals surface area (Å²) < 4.78 is 39.1. The minimum atomic E-state index is -1.72. The van der Waals surface area contributed by atoms with Crippen molar-refractivity contribution in [2.24, 2.45) is 5.73 Å². The van der Waals surface area contributed by atoms with E-state index in [4.69, 9.17) is 15.2 Å². The second-order valence-corrected chi connectivity index (χ2v) is 8.66. The maximum absolute atomic E-state index is 14.0. The van der Waals surface area contributed by atoms with Crippen molar-refractivity contribution < 1.29 is 32.6 Å². The molecule has 3 atom stereocenters. The Balaban J connectivity index is 1.89. The zero-order chi connectivity index (χ0) is 23.1. The Hall–Kier alpha value is -2.79. The van der Waals surface area contributed by atoms with Crippen LogP contribution >= 0.6 is 0 Å². The van der Waals surface area contributed by atoms with Crippen LogP contribution in [-0.4, -0.2) is 66.1 Å². The Kier molecular flexibility index (Phi) is 5.94. The van der Waals surface area contributed by atoms with E-state index in [1.54, 1.807) is 7.05 Å². The lowest BCUT2D eigenvalue weighted by Crippen LogP contribution is -2.55. The molecule has 0 aromatic heterocycles. The van der Waals surface area contributed by atoms with Crippen molar-refractivity contribution in [3.63, 3.8) is 0 Å². The zero-order valence-electron chi connectivity index (χ0n) is 17.8. The smallest absolute Gasteiger partial charge is 0.270 e. The third kappa shape index (κ3) is 4.47. The largest absolute Gasteiger partial charge is 0.473 e. The number of nitrogens with two attached hydrogens (primary N) is 1. The Morgan fingerprint density at radius 2 is 2.10 bits per heavy atom. The van der Waals surface area contributed by atoms with Crippen molar-refractivity contribution in [2.75, 3.05) is 25.5 Å². The van der Waals surface area contributed by atoms with Gasteiger partial charge < -0.3 is 30.7 Å². The average Bonchev–Trinajstić information content (AvgIpc) is 3.03. The lowest BCUT2D eigenvalue weighted by Gasteiger charge is -2.34. The van der Waals surface area contributed by atoms with Gasteiger partial charge in [-0.15, -0.1) is 0 Å². The number of carbonyl (C=O) groups excluding carboxylic acids is 3. The highest BCUT2D eigenvalue weighted by Crippen LogP contribution is 2.41. The molecule has 0 radical (unpaired) electrons. The highest BCUT2D eigenvalue weighted by Gasteiger charge is 2.57. The molecule has 2 aliphatic heterocycles. The SMILES string of the molecule is CNC(COC(C)(C)C)C(=O)N1C[C@@]2(C[C@H]1C(N)=O)Oc1cc(F)cc(F)c1NC2=O. The fourth-order valence-corrected chi connectivity index (χ4v) is 3.64. The van der Waals surface area contributed by atoms with E-state index in [1.807, 2.05) is 20.8 Å². The average molecular weight is 440 g/mol. The number of benzene rings is 1. The monoisotopic (exact) mass is 440 g/mol. The molecule has 1 aromatic rings. The molecule has 1 fully saturated rings. The van der Waals surface area contributed by atoms with E-state index < -0.39 is 52.6 Å². The maximum Gasteiger partial charge on any atom is 0.270 e. The highest BCUT2D eigenvalue weighted by atomic mass is 19.1. The summed E-state index contributed by atoms with van der Waals surface area (Å²) >= 11 is 0. The van der Waals surface area contributed by atoms with Gasteiger partial charge in [-0.3, -0.25) is 14.4 Å². The lowest BCUT2D eigenvalue weighted by atomic mass is 9.96. The predicted octanol–water partition coefficient (Wildman–Crippen LogP) is 0.524. The normalized spacial score (nSPS) is 23.9. The van der Waals surface area contributed by atoms with Gasteiger partial charge in [-0.25, -0.2) is 8.78 Å². The van der Waals surface area contributed by atoms with Crippen LogP contribution in [0.5, 0.6) is 5.75 Å². The number of likely N-dealkylation sites (N-methyl/N-ethyl adjacent to an activating group) is 1. The summed E-state index contributed by atoms with van der Waals surface area (Å²) in [5.74, 6) is -4.21. The van der Waals surface area contributed by atoms with E-state index in [0.717, 1.165) is 11.0 Å². The first-order valence-electron chi connectivity index (χ1n) is 9.77. The molecule has 0 aliphatic carbocycles. The Bertz CT molecular complexity index is 920. The number of hydrogen-bond acceptors (Lipinski definition) is 6. The number of ether oxygens (including phenoxy) is 2. The minimum absolute atomic E-state index is 0.0140. The van der Waals surface area contributed by atoms with Gasteiger partial charge in [0, 0.05) is 18.6 Å². The van der Waals surface area contributed by atoms with Crippen molar-refractivity contribution >= 4 is 23.4 Å². The van der Waals surface area contributed by atoms with E-state index in [1.165, 1.54) is 0 Å². The number of rotatable bonds is 5. The molecule has 1 unspecified atom stereocenters. The summed E-state index contributed by atoms with van der Waals surface area (Å²) in [7, 11) is 1.56. The molecule has 3 rings (SSSR count). The van der Waals surface area contributed by atoms with Gasteiger partial charge in [0.05, 0.1) is 18.8 Å². The Morgan fingerprint density at radius 1 is 1.42 bits per heavy atom. The number of nitrogens with zero attached hydrogens (tertiary/aromatic N) is 1. The first-order chi connectivity index (χ1) is 14.4. The first-order valence-corrected chi connectivity index (χ1v) is 9.77. The quantitative estimate of drug-likeness (QED) is 0.614. The molecule has 1 aromatic carbocycles. The van der Waals surface area contributed by atoms with Crippen molar-refractivity contribution in [3.8, 4) is 5.75 Å². The summed E-state index contributed by atoms with van der Waals surface area (Å²) in [5, 5.41) is 5.19. The minimum Gasteiger partial charge on any atom is -0.473 e. The number of carbonyl (C=O) groups is 3. The second-order valence-electron chi connectivity index (χ2n) is 8.66. The topological polar surface area (TPSA) is 123 Å². The number of nitrogens with one attached hydrogen (secondary N) is 2. The van der Waals surface area contributed by atoms with Crippen LogP contribution in [0.2, 0.25) is 0 Å². The van der Waals surface area contributed by atoms with Crippen LogP contribution in [0.3, 0.4) is 0 Å². The molecule has 0 bridgehead atoms. The molecule has 4 N–H and O–H groups in total. The number of primary amides is 1. The van der Waals surface area contributed by atoms with Crippen LogP contribution in [0.15, 0.2) is 12.1 Å². The van der Waals surface area contributed by atoms with Gasteiger partial charge in [-0.05, 0) is 27.8 Å². The highest BCUT2D eigenvalue weighted by molar-refractivity contribution is 6.03. The van der Waals surface area contributed by atoms with E-state index in [0.29, 0.717) is 6.07 Å². The number of fused-ring (bicyclic) bond motifs is 1. The second kappa shape index (κ2) is 8.04. The number of amides is 3. The van der Waals surface area contributed by atoms with Crippen LogP contribution in [0.1, 0.15) is 27.2 Å². The molecule has 1 spiro atoms. The van der Waals surface area contributed by atoms with Gasteiger partial charge in [-0.2, -0.15) is 0 Å². The number of likely N-dealkylation sites (tertiary alicyclic amines) is 1. The van der Waals surface area contributed by atoms with E-state index in [-0.39, 0.29) is 31.0 Å². The van der Waals surface area contributed by atoms with E-state index >= 15 is 0 Å². The summed E-state index contributed by atoms with van der Waals surface area (Å²) in [6, 6.07) is -0.422. The van der Waals surface area contributed by atoms with Crippen LogP contribution < -0.4 is 21.1 Å². The standard InChI is InChI=1S/C20H26F2N4O5/c1-19(2,3)30-8-12(24-4)17(28)26-9-20(7-13(26)16(23)27)18(29)25-15-11(22)5-10(21)6-14(15)31-20/h5-6,12-13,24H,7-9H2,1-4H3,(H2,23,27)(H,25,29)/t12?,13-,20+/m0/s1. The summed E-state index contributed by atoms with van der Waals surface area (Å²) in [6.07, 6.45) is -0.256. The third-order valence-corrected chi connectivity index (χ3v) is 5.24. The van der Waals surface area contributed by atoms with Gasteiger partial charge in [0.1, 0.15) is 23.6 Å².